The average Bonchev–Trinajstić information content (AvgIpc) is 3.46. The summed E-state index contributed by atoms with van der Waals surface area (Å²) >= 11 is 3.43. The molecule has 0 radical (unpaired) electrons. The van der Waals surface area contributed by atoms with Crippen LogP contribution in [0.25, 0.3) is 20.4 Å². The number of nitrogens with zero attached hydrogens (tertiary/aromatic N) is 4. The van der Waals surface area contributed by atoms with E-state index in [-0.39, 0.29) is 0 Å². The van der Waals surface area contributed by atoms with Gasteiger partial charge >= 0.3 is 0 Å². The van der Waals surface area contributed by atoms with Gasteiger partial charge < -0.3 is 24.0 Å². The number of para-hydroxylation sites is 2. The van der Waals surface area contributed by atoms with E-state index in [0.717, 1.165) is 47.5 Å². The smallest absolute Gasteiger partial charge is 0.186 e. The van der Waals surface area contributed by atoms with E-state index in [0.29, 0.717) is 39.6 Å². The number of hydrogen-bond donors (Lipinski definition) is 0. The molecule has 174 valence electrons. The van der Waals surface area contributed by atoms with Crippen LogP contribution < -0.4 is 9.80 Å². The van der Waals surface area contributed by atoms with Gasteiger partial charge in [-0.05, 0) is 24.3 Å². The first-order valence-corrected chi connectivity index (χ1v) is 12.9. The molecule has 0 saturated carbocycles. The molecule has 3 heterocycles. The highest BCUT2D eigenvalue weighted by atomic mass is 32.1. The van der Waals surface area contributed by atoms with Crippen molar-refractivity contribution in [2.45, 2.75) is 0 Å². The van der Waals surface area contributed by atoms with Crippen molar-refractivity contribution in [3.05, 3.63) is 48.5 Å². The van der Waals surface area contributed by atoms with E-state index in [9.17, 15) is 0 Å². The molecular formula is C24H28N4O3S2. The van der Waals surface area contributed by atoms with Gasteiger partial charge in [-0.1, -0.05) is 46.9 Å². The van der Waals surface area contributed by atoms with Crippen LogP contribution in [0.15, 0.2) is 48.5 Å². The normalized spacial score (nSPS) is 17.8. The van der Waals surface area contributed by atoms with Crippen LogP contribution in [-0.2, 0) is 14.2 Å². The van der Waals surface area contributed by atoms with E-state index >= 15 is 0 Å². The second-order valence-corrected chi connectivity index (χ2v) is 9.76. The molecule has 1 saturated heterocycles. The third-order valence-electron chi connectivity index (χ3n) is 5.50. The number of anilines is 2. The minimum Gasteiger partial charge on any atom is -0.378 e. The molecule has 0 amide bonds. The summed E-state index contributed by atoms with van der Waals surface area (Å²) in [5.74, 6) is 0. The Hall–Kier alpha value is -2.30. The molecule has 0 aliphatic carbocycles. The van der Waals surface area contributed by atoms with Gasteiger partial charge in [0.2, 0.25) is 0 Å². The first kappa shape index (κ1) is 22.5. The zero-order valence-electron chi connectivity index (χ0n) is 18.5. The summed E-state index contributed by atoms with van der Waals surface area (Å²) in [6, 6.07) is 16.5. The largest absolute Gasteiger partial charge is 0.378 e. The first-order chi connectivity index (χ1) is 16.4. The van der Waals surface area contributed by atoms with Crippen LogP contribution in [-0.4, -0.2) is 75.8 Å². The summed E-state index contributed by atoms with van der Waals surface area (Å²) in [6.45, 7) is 6.84. The molecule has 2 aromatic carbocycles. The zero-order valence-corrected chi connectivity index (χ0v) is 20.2. The van der Waals surface area contributed by atoms with Crippen molar-refractivity contribution in [3.63, 3.8) is 0 Å². The average molecular weight is 485 g/mol. The zero-order chi connectivity index (χ0) is 22.3. The van der Waals surface area contributed by atoms with Crippen molar-refractivity contribution in [2.24, 2.45) is 0 Å². The molecule has 0 unspecified atom stereocenters. The lowest BCUT2D eigenvalue weighted by Gasteiger charge is -2.23. The lowest BCUT2D eigenvalue weighted by Crippen LogP contribution is -2.33. The maximum absolute atomic E-state index is 6.05. The van der Waals surface area contributed by atoms with Gasteiger partial charge in [-0.3, -0.25) is 0 Å². The van der Waals surface area contributed by atoms with Crippen molar-refractivity contribution in [2.75, 3.05) is 75.6 Å². The van der Waals surface area contributed by atoms with E-state index in [1.807, 2.05) is 12.1 Å². The molecule has 9 heteroatoms. The Bertz CT molecular complexity index is 1010. The number of aromatic nitrogens is 2. The molecule has 1 aliphatic rings. The molecule has 4 aromatic rings. The monoisotopic (exact) mass is 484 g/mol. The highest BCUT2D eigenvalue weighted by molar-refractivity contribution is 7.22. The number of hydrogen-bond acceptors (Lipinski definition) is 9. The van der Waals surface area contributed by atoms with E-state index in [2.05, 4.69) is 46.2 Å². The van der Waals surface area contributed by atoms with Crippen LogP contribution >= 0.6 is 22.7 Å². The van der Waals surface area contributed by atoms with Gasteiger partial charge in [0, 0.05) is 26.2 Å². The van der Waals surface area contributed by atoms with Crippen molar-refractivity contribution < 1.29 is 14.2 Å². The molecule has 0 bridgehead atoms. The summed E-state index contributed by atoms with van der Waals surface area (Å²) in [6.07, 6.45) is 0. The fraction of sp³-hybridized carbons (Fsp3) is 0.417. The lowest BCUT2D eigenvalue weighted by molar-refractivity contribution is 0.0530. The number of fused-ring (bicyclic) bond motifs is 2. The summed E-state index contributed by atoms with van der Waals surface area (Å²) < 4.78 is 20.1. The third-order valence-corrected chi connectivity index (χ3v) is 7.69. The predicted octanol–water partition coefficient (Wildman–Crippen LogP) is 4.28. The second-order valence-electron chi connectivity index (χ2n) is 7.74. The molecule has 33 heavy (non-hydrogen) atoms. The summed E-state index contributed by atoms with van der Waals surface area (Å²) in [5, 5.41) is 2.03. The Kier molecular flexibility index (Phi) is 7.64. The third kappa shape index (κ3) is 5.80. The topological polar surface area (TPSA) is 60.0 Å². The molecule has 0 spiro atoms. The SMILES string of the molecule is c1ccc2sc(N3CCOCCOCCN(c4nc5ccccc5s4)CCOCC3)nc2c1. The molecule has 2 aromatic heterocycles. The van der Waals surface area contributed by atoms with E-state index in [4.69, 9.17) is 24.2 Å². The lowest BCUT2D eigenvalue weighted by atomic mass is 10.3. The highest BCUT2D eigenvalue weighted by Crippen LogP contribution is 2.29. The summed E-state index contributed by atoms with van der Waals surface area (Å²) in [7, 11) is 0. The summed E-state index contributed by atoms with van der Waals surface area (Å²) in [4.78, 5) is 14.2. The van der Waals surface area contributed by atoms with Crippen LogP contribution in [0.1, 0.15) is 0 Å². The van der Waals surface area contributed by atoms with Crippen LogP contribution in [0.5, 0.6) is 0 Å². The van der Waals surface area contributed by atoms with Gasteiger partial charge in [0.1, 0.15) is 0 Å². The Morgan fingerprint density at radius 2 is 0.939 bits per heavy atom. The van der Waals surface area contributed by atoms with Gasteiger partial charge in [-0.15, -0.1) is 0 Å². The molecule has 1 fully saturated rings. The fourth-order valence-electron chi connectivity index (χ4n) is 3.72. The predicted molar refractivity (Wildman–Crippen MR) is 136 cm³/mol. The first-order valence-electron chi connectivity index (χ1n) is 11.3. The highest BCUT2D eigenvalue weighted by Gasteiger charge is 2.15. The van der Waals surface area contributed by atoms with Crippen LogP contribution in [0.4, 0.5) is 10.3 Å². The Labute approximate surface area is 201 Å². The minimum absolute atomic E-state index is 0.589. The Morgan fingerprint density at radius 1 is 0.545 bits per heavy atom. The van der Waals surface area contributed by atoms with Gasteiger partial charge in [0.15, 0.2) is 10.3 Å². The molecule has 7 nitrogen and oxygen atoms in total. The molecule has 0 N–H and O–H groups in total. The minimum atomic E-state index is 0.589. The van der Waals surface area contributed by atoms with E-state index in [1.54, 1.807) is 22.7 Å². The van der Waals surface area contributed by atoms with Crippen molar-refractivity contribution in [1.29, 1.82) is 0 Å². The van der Waals surface area contributed by atoms with Crippen LogP contribution in [0.3, 0.4) is 0 Å². The quantitative estimate of drug-likeness (QED) is 0.421. The number of thiazole rings is 2. The standard InChI is InChI=1S/C24H28N4O3S2/c1-3-7-21-19(5-1)25-23(32-21)27-9-13-29-14-10-28(12-16-31-18-17-30-15-11-27)24-26-20-6-2-4-8-22(20)33-24/h1-8H,9-18H2. The summed E-state index contributed by atoms with van der Waals surface area (Å²) in [5.41, 5.74) is 2.07. The van der Waals surface area contributed by atoms with Crippen LogP contribution in [0.2, 0.25) is 0 Å². The molecule has 5 rings (SSSR count). The maximum atomic E-state index is 6.05. The van der Waals surface area contributed by atoms with Crippen molar-refractivity contribution in [3.8, 4) is 0 Å². The maximum Gasteiger partial charge on any atom is 0.186 e. The number of benzene rings is 2. The number of rotatable bonds is 2. The van der Waals surface area contributed by atoms with Crippen molar-refractivity contribution >= 4 is 53.4 Å². The number of ether oxygens (including phenoxy) is 3. The van der Waals surface area contributed by atoms with Gasteiger partial charge in [-0.2, -0.15) is 0 Å². The fourth-order valence-corrected chi connectivity index (χ4v) is 5.75. The Morgan fingerprint density at radius 3 is 1.36 bits per heavy atom. The molecule has 1 aliphatic heterocycles. The van der Waals surface area contributed by atoms with E-state index in [1.165, 1.54) is 9.40 Å². The molecular weight excluding hydrogens is 456 g/mol. The van der Waals surface area contributed by atoms with Gasteiger partial charge in [0.25, 0.3) is 0 Å². The van der Waals surface area contributed by atoms with Gasteiger partial charge in [0.05, 0.1) is 60.1 Å². The van der Waals surface area contributed by atoms with Crippen molar-refractivity contribution in [1.82, 2.24) is 9.97 Å². The molecule has 0 atom stereocenters. The Balaban J connectivity index is 1.24. The van der Waals surface area contributed by atoms with Crippen LogP contribution in [0, 0.1) is 0 Å². The van der Waals surface area contributed by atoms with Gasteiger partial charge in [-0.25, -0.2) is 9.97 Å². The van der Waals surface area contributed by atoms with E-state index < -0.39 is 0 Å². The second kappa shape index (κ2) is 11.2.